The summed E-state index contributed by atoms with van der Waals surface area (Å²) in [6, 6.07) is 7.31. The van der Waals surface area contributed by atoms with Gasteiger partial charge < -0.3 is 30.3 Å². The van der Waals surface area contributed by atoms with Gasteiger partial charge in [0.25, 0.3) is 0 Å². The first-order chi connectivity index (χ1) is 17.2. The molecule has 0 spiro atoms. The number of nitrogens with zero attached hydrogens (tertiary/aromatic N) is 1. The van der Waals surface area contributed by atoms with E-state index < -0.39 is 0 Å². The topological polar surface area (TPSA) is 139 Å². The average molecular weight is 504 g/mol. The molecule has 4 N–H and O–H groups in total. The van der Waals surface area contributed by atoms with Gasteiger partial charge in [-0.2, -0.15) is 0 Å². The Balaban J connectivity index is 1.54. The first-order valence-electron chi connectivity index (χ1n) is 12.1. The molecule has 1 aromatic heterocycles. The molecule has 10 heteroatoms. The van der Waals surface area contributed by atoms with Gasteiger partial charge in [-0.3, -0.25) is 19.0 Å². The summed E-state index contributed by atoms with van der Waals surface area (Å²) in [6.45, 7) is 6.87. The van der Waals surface area contributed by atoms with Gasteiger partial charge in [-0.15, -0.1) is 0 Å². The molecule has 1 aromatic carbocycles. The van der Waals surface area contributed by atoms with Gasteiger partial charge in [-0.1, -0.05) is 12.1 Å². The molecule has 0 radical (unpaired) electrons. The zero-order valence-corrected chi connectivity index (χ0v) is 21.3. The Hall–Kier alpha value is -3.37. The largest absolute Gasteiger partial charge is 0.494 e. The lowest BCUT2D eigenvalue weighted by molar-refractivity contribution is -0.121. The highest BCUT2D eigenvalue weighted by atomic mass is 16.5. The Bertz CT molecular complexity index is 990. The van der Waals surface area contributed by atoms with E-state index in [9.17, 15) is 24.6 Å². The van der Waals surface area contributed by atoms with E-state index in [1.165, 1.54) is 11.5 Å². The van der Waals surface area contributed by atoms with Crippen molar-refractivity contribution < 1.29 is 34.1 Å². The second kappa shape index (κ2) is 14.9. The van der Waals surface area contributed by atoms with Crippen molar-refractivity contribution in [3.05, 3.63) is 41.0 Å². The van der Waals surface area contributed by atoms with E-state index in [0.29, 0.717) is 69.0 Å². The first kappa shape index (κ1) is 28.9. The van der Waals surface area contributed by atoms with E-state index in [0.717, 1.165) is 5.56 Å². The number of carbonyl (C=O) groups excluding carboxylic acids is 3. The molecular formula is C26H37N3O7. The van der Waals surface area contributed by atoms with Gasteiger partial charge in [-0.25, -0.2) is 0 Å². The second-order valence-corrected chi connectivity index (χ2v) is 8.57. The van der Waals surface area contributed by atoms with Crippen LogP contribution in [0.1, 0.15) is 42.9 Å². The molecule has 2 aromatic rings. The minimum atomic E-state index is -0.169. The molecule has 0 bridgehead atoms. The van der Waals surface area contributed by atoms with Crippen LogP contribution in [0.5, 0.6) is 11.8 Å². The molecule has 2 rings (SSSR count). The molecular weight excluding hydrogens is 466 g/mol. The summed E-state index contributed by atoms with van der Waals surface area (Å²) in [6.07, 6.45) is 1.45. The lowest BCUT2D eigenvalue weighted by Gasteiger charge is -2.09. The van der Waals surface area contributed by atoms with Gasteiger partial charge in [0.1, 0.15) is 5.78 Å². The van der Waals surface area contributed by atoms with E-state index in [1.807, 2.05) is 12.1 Å². The fourth-order valence-electron chi connectivity index (χ4n) is 3.40. The number of carbonyl (C=O) groups is 3. The lowest BCUT2D eigenvalue weighted by atomic mass is 10.1. The molecule has 0 aliphatic heterocycles. The van der Waals surface area contributed by atoms with Crippen molar-refractivity contribution in [1.29, 1.82) is 0 Å². The lowest BCUT2D eigenvalue weighted by Crippen LogP contribution is -2.25. The molecule has 0 fully saturated rings. The molecule has 198 valence electrons. The van der Waals surface area contributed by atoms with Crippen molar-refractivity contribution in [1.82, 2.24) is 9.88 Å². The molecule has 0 unspecified atom stereocenters. The van der Waals surface area contributed by atoms with Gasteiger partial charge >= 0.3 is 0 Å². The van der Waals surface area contributed by atoms with Gasteiger partial charge in [0.05, 0.1) is 39.4 Å². The molecule has 10 nitrogen and oxygen atoms in total. The van der Waals surface area contributed by atoms with Crippen LogP contribution in [0.4, 0.5) is 5.69 Å². The van der Waals surface area contributed by atoms with E-state index in [-0.39, 0.29) is 42.4 Å². The number of hydrogen-bond donors (Lipinski definition) is 4. The fourth-order valence-corrected chi connectivity index (χ4v) is 3.40. The number of hydrogen-bond acceptors (Lipinski definition) is 7. The van der Waals surface area contributed by atoms with Gasteiger partial charge in [0.15, 0.2) is 11.8 Å². The Labute approximate surface area is 211 Å². The van der Waals surface area contributed by atoms with Crippen LogP contribution in [-0.2, 0) is 36.8 Å². The fraction of sp³-hybridized carbons (Fsp3) is 0.500. The maximum absolute atomic E-state index is 12.1. The van der Waals surface area contributed by atoms with Crippen LogP contribution in [0.2, 0.25) is 0 Å². The molecule has 0 aliphatic rings. The van der Waals surface area contributed by atoms with Crippen LogP contribution in [0.3, 0.4) is 0 Å². The van der Waals surface area contributed by atoms with Crippen LogP contribution in [0, 0.1) is 13.8 Å². The first-order valence-corrected chi connectivity index (χ1v) is 12.1. The highest BCUT2D eigenvalue weighted by Crippen LogP contribution is 2.31. The number of ketones is 1. The van der Waals surface area contributed by atoms with Crippen LogP contribution >= 0.6 is 0 Å². The van der Waals surface area contributed by atoms with E-state index in [4.69, 9.17) is 9.47 Å². The minimum absolute atomic E-state index is 0.0374. The monoisotopic (exact) mass is 503 g/mol. The standard InChI is InChI=1S/C26H37N3O7/c1-18(30)10-12-27-23(31)9-6-21-4-7-22(8-5-21)28-24(32)11-14-35-16-17-36-15-13-29-25(33)19(2)20(3)26(29)34/h4-5,7-8,33-34H,6,9-17H2,1-3H3,(H,27,31)(H,28,32). The van der Waals surface area contributed by atoms with Crippen LogP contribution in [0.15, 0.2) is 24.3 Å². The van der Waals surface area contributed by atoms with Crippen molar-refractivity contribution in [3.8, 4) is 11.8 Å². The highest BCUT2D eigenvalue weighted by molar-refractivity contribution is 5.90. The quantitative estimate of drug-likeness (QED) is 0.258. The normalized spacial score (nSPS) is 10.9. The third-order valence-corrected chi connectivity index (χ3v) is 5.73. The van der Waals surface area contributed by atoms with Crippen molar-refractivity contribution >= 4 is 23.3 Å². The number of aryl methyl sites for hydroxylation is 1. The minimum Gasteiger partial charge on any atom is -0.494 e. The number of benzene rings is 1. The number of Topliss-reactive ketones (excluding diaryl/α,β-unsaturated/α-hetero) is 1. The predicted octanol–water partition coefficient (Wildman–Crippen LogP) is 2.61. The van der Waals surface area contributed by atoms with Gasteiger partial charge in [-0.05, 0) is 44.9 Å². The Morgan fingerprint density at radius 1 is 0.833 bits per heavy atom. The van der Waals surface area contributed by atoms with Gasteiger partial charge in [0.2, 0.25) is 11.8 Å². The van der Waals surface area contributed by atoms with Crippen molar-refractivity contribution in [2.45, 2.75) is 53.0 Å². The zero-order chi connectivity index (χ0) is 26.5. The maximum atomic E-state index is 12.1. The summed E-state index contributed by atoms with van der Waals surface area (Å²) in [5, 5.41) is 25.5. The van der Waals surface area contributed by atoms with Crippen LogP contribution in [-0.4, -0.2) is 65.4 Å². The molecule has 1 heterocycles. The van der Waals surface area contributed by atoms with E-state index in [1.54, 1.807) is 26.0 Å². The Morgan fingerprint density at radius 2 is 1.44 bits per heavy atom. The summed E-state index contributed by atoms with van der Waals surface area (Å²) < 4.78 is 12.3. The summed E-state index contributed by atoms with van der Waals surface area (Å²) in [7, 11) is 0. The number of aromatic nitrogens is 1. The SMILES string of the molecule is CC(=O)CCNC(=O)CCc1ccc(NC(=O)CCOCCOCCn2c(O)c(C)c(C)c2O)cc1. The zero-order valence-electron chi connectivity index (χ0n) is 21.3. The molecule has 0 saturated carbocycles. The molecule has 0 saturated heterocycles. The smallest absolute Gasteiger partial charge is 0.226 e. The number of nitrogens with one attached hydrogen (secondary N) is 2. The van der Waals surface area contributed by atoms with Crippen molar-refractivity contribution in [2.24, 2.45) is 0 Å². The molecule has 2 amide bonds. The summed E-state index contributed by atoms with van der Waals surface area (Å²) in [4.78, 5) is 34.8. The maximum Gasteiger partial charge on any atom is 0.226 e. The highest BCUT2D eigenvalue weighted by Gasteiger charge is 2.15. The Kier molecular flexibility index (Phi) is 11.9. The number of rotatable bonds is 16. The third kappa shape index (κ3) is 9.71. The van der Waals surface area contributed by atoms with Crippen molar-refractivity contribution in [3.63, 3.8) is 0 Å². The molecule has 0 atom stereocenters. The Morgan fingerprint density at radius 3 is 2.06 bits per heavy atom. The molecule has 36 heavy (non-hydrogen) atoms. The number of ether oxygens (including phenoxy) is 2. The number of anilines is 1. The molecule has 0 aliphatic carbocycles. The van der Waals surface area contributed by atoms with Crippen LogP contribution < -0.4 is 10.6 Å². The van der Waals surface area contributed by atoms with E-state index >= 15 is 0 Å². The van der Waals surface area contributed by atoms with Crippen LogP contribution in [0.25, 0.3) is 0 Å². The third-order valence-electron chi connectivity index (χ3n) is 5.73. The average Bonchev–Trinajstić information content (AvgIpc) is 3.02. The number of aromatic hydroxyl groups is 2. The van der Waals surface area contributed by atoms with Gasteiger partial charge in [0, 0.05) is 36.2 Å². The van der Waals surface area contributed by atoms with Crippen molar-refractivity contribution in [2.75, 3.05) is 38.3 Å². The summed E-state index contributed by atoms with van der Waals surface area (Å²) >= 11 is 0. The number of amides is 2. The van der Waals surface area contributed by atoms with E-state index in [2.05, 4.69) is 10.6 Å². The summed E-state index contributed by atoms with van der Waals surface area (Å²) in [5.74, 6) is -0.143. The predicted molar refractivity (Wildman–Crippen MR) is 135 cm³/mol. The summed E-state index contributed by atoms with van der Waals surface area (Å²) in [5.41, 5.74) is 2.94. The second-order valence-electron chi connectivity index (χ2n) is 8.57.